The Morgan fingerprint density at radius 1 is 0.881 bits per heavy atom. The van der Waals surface area contributed by atoms with Crippen LogP contribution in [0.15, 0.2) is 41.3 Å². The van der Waals surface area contributed by atoms with Crippen LogP contribution in [0.2, 0.25) is 0 Å². The van der Waals surface area contributed by atoms with Gasteiger partial charge in [0.05, 0.1) is 10.9 Å². The van der Waals surface area contributed by atoms with E-state index in [2.05, 4.69) is 63.8 Å². The molecule has 1 saturated heterocycles. The highest BCUT2D eigenvalue weighted by molar-refractivity contribution is 7.89. The summed E-state index contributed by atoms with van der Waals surface area (Å²) in [6.45, 7) is 20.7. The van der Waals surface area contributed by atoms with Crippen LogP contribution in [0.1, 0.15) is 102 Å². The third kappa shape index (κ3) is 6.98. The molecule has 1 fully saturated rings. The van der Waals surface area contributed by atoms with Crippen molar-refractivity contribution in [3.8, 4) is 11.8 Å². The molecule has 2 heterocycles. The molecule has 3 aromatic rings. The Labute approximate surface area is 252 Å². The summed E-state index contributed by atoms with van der Waals surface area (Å²) < 4.78 is 39.0. The molecular weight excluding hydrogens is 548 g/mol. The molecule has 4 rings (SSSR count). The number of nitrogens with one attached hydrogen (secondary N) is 1. The van der Waals surface area contributed by atoms with Gasteiger partial charge in [-0.2, -0.15) is 0 Å². The number of sulfonamides is 1. The van der Waals surface area contributed by atoms with Crippen molar-refractivity contribution >= 4 is 15.7 Å². The van der Waals surface area contributed by atoms with E-state index in [-0.39, 0.29) is 11.8 Å². The van der Waals surface area contributed by atoms with Gasteiger partial charge in [-0.15, -0.1) is 5.10 Å². The van der Waals surface area contributed by atoms with Crippen LogP contribution < -0.4 is 14.4 Å². The highest BCUT2D eigenvalue weighted by Crippen LogP contribution is 2.36. The van der Waals surface area contributed by atoms with Crippen molar-refractivity contribution in [3.63, 3.8) is 0 Å². The Bertz CT molecular complexity index is 1440. The first-order chi connectivity index (χ1) is 19.8. The number of piperazine rings is 1. The molecule has 0 unspecified atom stereocenters. The van der Waals surface area contributed by atoms with E-state index in [1.165, 1.54) is 0 Å². The molecule has 0 bridgehead atoms. The number of aromatic nitrogens is 3. The molecule has 1 aliphatic rings. The van der Waals surface area contributed by atoms with Gasteiger partial charge in [-0.1, -0.05) is 64.8 Å². The number of ether oxygens (including phenoxy) is 1. The smallest absolute Gasteiger partial charge is 0.322 e. The highest BCUT2D eigenvalue weighted by atomic mass is 32.2. The van der Waals surface area contributed by atoms with Crippen molar-refractivity contribution in [3.05, 3.63) is 58.9 Å². The molecule has 0 radical (unpaired) electrons. The summed E-state index contributed by atoms with van der Waals surface area (Å²) in [4.78, 5) is 5.05. The number of likely N-dealkylation sites (N-methyl/N-ethyl adjacent to an activating group) is 1. The molecule has 1 N–H and O–H groups in total. The van der Waals surface area contributed by atoms with E-state index in [1.807, 2.05) is 57.4 Å². The molecule has 10 heteroatoms. The maximum atomic E-state index is 14.0. The fourth-order valence-electron chi connectivity index (χ4n) is 5.45. The molecule has 1 aromatic heterocycles. The molecule has 2 aromatic carbocycles. The summed E-state index contributed by atoms with van der Waals surface area (Å²) in [6, 6.07) is 11.8. The third-order valence-corrected chi connectivity index (χ3v) is 9.70. The predicted molar refractivity (Wildman–Crippen MR) is 169 cm³/mol. The minimum Gasteiger partial charge on any atom is -0.424 e. The topological polar surface area (TPSA) is 92.6 Å². The number of nitrogens with zero attached hydrogens (tertiary/aromatic N) is 5. The van der Waals surface area contributed by atoms with Gasteiger partial charge in [0, 0.05) is 44.5 Å². The Hall–Kier alpha value is -2.95. The highest BCUT2D eigenvalue weighted by Gasteiger charge is 2.30. The molecule has 0 aliphatic carbocycles. The lowest BCUT2D eigenvalue weighted by Gasteiger charge is -2.34. The largest absolute Gasteiger partial charge is 0.424 e. The number of rotatable bonds is 11. The predicted octanol–water partition coefficient (Wildman–Crippen LogP) is 6.25. The molecule has 230 valence electrons. The van der Waals surface area contributed by atoms with Crippen LogP contribution in [0.5, 0.6) is 11.8 Å². The van der Waals surface area contributed by atoms with Crippen LogP contribution in [-0.2, 0) is 16.6 Å². The van der Waals surface area contributed by atoms with Crippen molar-refractivity contribution < 1.29 is 13.2 Å². The van der Waals surface area contributed by atoms with Gasteiger partial charge >= 0.3 is 6.01 Å². The second kappa shape index (κ2) is 13.1. The number of anilines is 1. The lowest BCUT2D eigenvalue weighted by atomic mass is 9.89. The summed E-state index contributed by atoms with van der Waals surface area (Å²) in [5.74, 6) is 1.56. The lowest BCUT2D eigenvalue weighted by molar-refractivity contribution is 0.312. The monoisotopic (exact) mass is 596 g/mol. The van der Waals surface area contributed by atoms with Crippen molar-refractivity contribution in [1.29, 1.82) is 0 Å². The van der Waals surface area contributed by atoms with Gasteiger partial charge in [0.15, 0.2) is 5.82 Å². The second-order valence-corrected chi connectivity index (χ2v) is 14.0. The molecule has 1 atom stereocenters. The van der Waals surface area contributed by atoms with E-state index in [1.54, 1.807) is 6.92 Å². The summed E-state index contributed by atoms with van der Waals surface area (Å²) in [6.07, 6.45) is 0. The van der Waals surface area contributed by atoms with E-state index in [0.717, 1.165) is 48.6 Å². The van der Waals surface area contributed by atoms with Crippen LogP contribution in [0.25, 0.3) is 0 Å². The zero-order valence-electron chi connectivity index (χ0n) is 26.7. The summed E-state index contributed by atoms with van der Waals surface area (Å²) in [5.41, 5.74) is 3.94. The molecule has 0 amide bonds. The standard InChI is InChI=1S/C32H48N6O3S/c1-10-38-31(33-34-32(38)41-27-13-11-12-26(20-27)37-16-14-36(9)15-17-37)24(8)35-42(39,40)30-28(22(4)5)18-25(21(2)3)19-29(30)23(6)7/h11-13,18-24,35H,10,14-17H2,1-9H3/t24-/m1/s1. The number of hydrogen-bond acceptors (Lipinski definition) is 7. The Morgan fingerprint density at radius 3 is 2.05 bits per heavy atom. The van der Waals surface area contributed by atoms with Gasteiger partial charge in [0.25, 0.3) is 0 Å². The fraction of sp³-hybridized carbons (Fsp3) is 0.562. The Balaban J connectivity index is 1.61. The molecular formula is C32H48N6O3S. The van der Waals surface area contributed by atoms with Crippen molar-refractivity contribution in [1.82, 2.24) is 24.4 Å². The first-order valence-corrected chi connectivity index (χ1v) is 16.6. The van der Waals surface area contributed by atoms with E-state index in [4.69, 9.17) is 4.74 Å². The van der Waals surface area contributed by atoms with Crippen LogP contribution in [-0.4, -0.2) is 61.3 Å². The molecule has 0 saturated carbocycles. The molecule has 1 aliphatic heterocycles. The van der Waals surface area contributed by atoms with Crippen molar-refractivity contribution in [2.45, 2.75) is 90.6 Å². The quantitative estimate of drug-likeness (QED) is 0.280. The third-order valence-electron chi connectivity index (χ3n) is 8.02. The van der Waals surface area contributed by atoms with Gasteiger partial charge in [0.2, 0.25) is 10.0 Å². The van der Waals surface area contributed by atoms with Crippen LogP contribution in [0.4, 0.5) is 5.69 Å². The molecule has 42 heavy (non-hydrogen) atoms. The molecule has 0 spiro atoms. The molecule has 9 nitrogen and oxygen atoms in total. The van der Waals surface area contributed by atoms with Gasteiger partial charge in [-0.25, -0.2) is 13.1 Å². The number of hydrogen-bond donors (Lipinski definition) is 1. The zero-order valence-corrected chi connectivity index (χ0v) is 27.5. The normalized spacial score (nSPS) is 15.7. The Kier molecular flexibility index (Phi) is 10.0. The second-order valence-electron chi connectivity index (χ2n) is 12.3. The van der Waals surface area contributed by atoms with Gasteiger partial charge in [-0.3, -0.25) is 4.57 Å². The van der Waals surface area contributed by atoms with Crippen LogP contribution in [0, 0.1) is 0 Å². The average Bonchev–Trinajstić information content (AvgIpc) is 3.35. The van der Waals surface area contributed by atoms with Crippen LogP contribution >= 0.6 is 0 Å². The van der Waals surface area contributed by atoms with Gasteiger partial charge in [0.1, 0.15) is 5.75 Å². The summed E-state index contributed by atoms with van der Waals surface area (Å²) in [5, 5.41) is 8.70. The maximum absolute atomic E-state index is 14.0. The van der Waals surface area contributed by atoms with E-state index in [9.17, 15) is 8.42 Å². The number of benzene rings is 2. The minimum absolute atomic E-state index is 0.0454. The van der Waals surface area contributed by atoms with E-state index in [0.29, 0.717) is 34.9 Å². The van der Waals surface area contributed by atoms with Crippen molar-refractivity contribution in [2.24, 2.45) is 0 Å². The first-order valence-electron chi connectivity index (χ1n) is 15.2. The van der Waals surface area contributed by atoms with E-state index >= 15 is 0 Å². The average molecular weight is 597 g/mol. The SMILES string of the molecule is CCn1c(Oc2cccc(N3CCN(C)CC3)c2)nnc1[C@@H](C)NS(=O)(=O)c1c(C(C)C)cc(C(C)C)cc1C(C)C. The van der Waals surface area contributed by atoms with E-state index < -0.39 is 16.1 Å². The maximum Gasteiger partial charge on any atom is 0.322 e. The minimum atomic E-state index is -3.88. The van der Waals surface area contributed by atoms with Gasteiger partial charge < -0.3 is 14.5 Å². The zero-order chi connectivity index (χ0) is 30.8. The lowest BCUT2D eigenvalue weighted by Crippen LogP contribution is -2.44. The summed E-state index contributed by atoms with van der Waals surface area (Å²) in [7, 11) is -1.74. The summed E-state index contributed by atoms with van der Waals surface area (Å²) >= 11 is 0. The first kappa shape index (κ1) is 32.0. The Morgan fingerprint density at radius 2 is 1.50 bits per heavy atom. The van der Waals surface area contributed by atoms with Gasteiger partial charge in [-0.05, 0) is 67.5 Å². The fourth-order valence-corrected chi connectivity index (χ4v) is 7.35. The van der Waals surface area contributed by atoms with Crippen LogP contribution in [0.3, 0.4) is 0 Å². The van der Waals surface area contributed by atoms with Crippen molar-refractivity contribution in [2.75, 3.05) is 38.1 Å².